The molecule has 1 fully saturated rings. The standard InChI is InChI=1S/C31H33NO5/c1-7-37-26-13-10-22(17-25(26)18(2)3)29(33)27-28(21-8-11-24(36-6)12-9-21)32(31(35)30(27)34)23-15-19(4)14-20(5)16-23/h8-18,28,33H,7H2,1-6H3/b29-27-. The number of anilines is 1. The van der Waals surface area contributed by atoms with Crippen LogP contribution < -0.4 is 14.4 Å². The highest BCUT2D eigenvalue weighted by molar-refractivity contribution is 6.51. The Hall–Kier alpha value is -4.06. The van der Waals surface area contributed by atoms with Gasteiger partial charge in [-0.05, 0) is 91.4 Å². The minimum Gasteiger partial charge on any atom is -0.507 e. The molecule has 1 unspecified atom stereocenters. The first-order valence-electron chi connectivity index (χ1n) is 12.5. The van der Waals surface area contributed by atoms with Crippen molar-refractivity contribution >= 4 is 23.1 Å². The van der Waals surface area contributed by atoms with Crippen LogP contribution in [-0.4, -0.2) is 30.5 Å². The lowest BCUT2D eigenvalue weighted by Crippen LogP contribution is -2.29. The molecule has 1 N–H and O–H groups in total. The van der Waals surface area contributed by atoms with Crippen LogP contribution in [-0.2, 0) is 9.59 Å². The summed E-state index contributed by atoms with van der Waals surface area (Å²) in [5, 5.41) is 11.6. The average molecular weight is 500 g/mol. The van der Waals surface area contributed by atoms with Crippen LogP contribution in [0.25, 0.3) is 5.76 Å². The summed E-state index contributed by atoms with van der Waals surface area (Å²) in [5.41, 5.74) is 4.66. The molecule has 0 radical (unpaired) electrons. The molecule has 3 aromatic rings. The van der Waals surface area contributed by atoms with Crippen molar-refractivity contribution < 1.29 is 24.2 Å². The molecule has 0 saturated carbocycles. The van der Waals surface area contributed by atoms with E-state index in [1.165, 1.54) is 4.90 Å². The van der Waals surface area contributed by atoms with Gasteiger partial charge >= 0.3 is 0 Å². The van der Waals surface area contributed by atoms with E-state index in [-0.39, 0.29) is 17.3 Å². The number of Topliss-reactive ketones (excluding diaryl/α,β-unsaturated/α-hetero) is 1. The number of carbonyl (C=O) groups is 2. The fourth-order valence-electron chi connectivity index (χ4n) is 4.88. The van der Waals surface area contributed by atoms with Gasteiger partial charge in [0.25, 0.3) is 11.7 Å². The summed E-state index contributed by atoms with van der Waals surface area (Å²) in [7, 11) is 1.58. The largest absolute Gasteiger partial charge is 0.507 e. The van der Waals surface area contributed by atoms with Crippen LogP contribution in [0.4, 0.5) is 5.69 Å². The summed E-state index contributed by atoms with van der Waals surface area (Å²) < 4.78 is 11.1. The number of benzene rings is 3. The van der Waals surface area contributed by atoms with Crippen LogP contribution in [0, 0.1) is 13.8 Å². The van der Waals surface area contributed by atoms with E-state index in [2.05, 4.69) is 0 Å². The predicted octanol–water partition coefficient (Wildman–Crippen LogP) is 6.46. The van der Waals surface area contributed by atoms with Gasteiger partial charge in [0.05, 0.1) is 25.3 Å². The number of ketones is 1. The Kier molecular flexibility index (Phi) is 7.39. The molecule has 1 heterocycles. The van der Waals surface area contributed by atoms with Crippen LogP contribution in [0.5, 0.6) is 11.5 Å². The molecule has 1 atom stereocenters. The van der Waals surface area contributed by atoms with Gasteiger partial charge < -0.3 is 14.6 Å². The monoisotopic (exact) mass is 499 g/mol. The summed E-state index contributed by atoms with van der Waals surface area (Å²) in [6.07, 6.45) is 0. The number of ether oxygens (including phenoxy) is 2. The molecule has 6 nitrogen and oxygen atoms in total. The maximum atomic E-state index is 13.5. The summed E-state index contributed by atoms with van der Waals surface area (Å²) >= 11 is 0. The SMILES string of the molecule is CCOc1ccc(/C(O)=C2/C(=O)C(=O)N(c3cc(C)cc(C)c3)C2c2ccc(OC)cc2)cc1C(C)C. The Morgan fingerprint density at radius 3 is 2.19 bits per heavy atom. The molecule has 0 spiro atoms. The van der Waals surface area contributed by atoms with E-state index in [1.54, 1.807) is 31.4 Å². The van der Waals surface area contributed by atoms with Gasteiger partial charge in [-0.3, -0.25) is 14.5 Å². The van der Waals surface area contributed by atoms with Gasteiger partial charge in [0, 0.05) is 11.3 Å². The molecule has 1 saturated heterocycles. The number of aliphatic hydroxyl groups excluding tert-OH is 1. The molecule has 6 heteroatoms. The van der Waals surface area contributed by atoms with Crippen LogP contribution in [0.15, 0.2) is 66.2 Å². The van der Waals surface area contributed by atoms with E-state index in [9.17, 15) is 14.7 Å². The lowest BCUT2D eigenvalue weighted by atomic mass is 9.93. The van der Waals surface area contributed by atoms with Crippen molar-refractivity contribution in [1.29, 1.82) is 0 Å². The Balaban J connectivity index is 1.94. The van der Waals surface area contributed by atoms with E-state index in [4.69, 9.17) is 9.47 Å². The van der Waals surface area contributed by atoms with Crippen LogP contribution in [0.1, 0.15) is 60.5 Å². The maximum Gasteiger partial charge on any atom is 0.300 e. The van der Waals surface area contributed by atoms with Crippen molar-refractivity contribution in [2.75, 3.05) is 18.6 Å². The number of carbonyl (C=O) groups excluding carboxylic acids is 2. The molecule has 3 aromatic carbocycles. The van der Waals surface area contributed by atoms with Gasteiger partial charge in [-0.2, -0.15) is 0 Å². The molecule has 0 bridgehead atoms. The van der Waals surface area contributed by atoms with Crippen LogP contribution in [0.3, 0.4) is 0 Å². The second-order valence-electron chi connectivity index (χ2n) is 9.63. The fourth-order valence-corrected chi connectivity index (χ4v) is 4.88. The number of methoxy groups -OCH3 is 1. The van der Waals surface area contributed by atoms with Crippen LogP contribution in [0.2, 0.25) is 0 Å². The van der Waals surface area contributed by atoms with Crippen molar-refractivity contribution in [3.05, 3.63) is 94.1 Å². The molecule has 0 aliphatic carbocycles. The molecular formula is C31H33NO5. The van der Waals surface area contributed by atoms with Crippen LogP contribution >= 0.6 is 0 Å². The Bertz CT molecular complexity index is 1350. The first-order chi connectivity index (χ1) is 17.7. The molecular weight excluding hydrogens is 466 g/mol. The number of amides is 1. The molecule has 37 heavy (non-hydrogen) atoms. The van der Waals surface area contributed by atoms with Gasteiger partial charge in [-0.15, -0.1) is 0 Å². The summed E-state index contributed by atoms with van der Waals surface area (Å²) in [4.78, 5) is 28.5. The predicted molar refractivity (Wildman–Crippen MR) is 145 cm³/mol. The lowest BCUT2D eigenvalue weighted by Gasteiger charge is -2.26. The van der Waals surface area contributed by atoms with Crippen molar-refractivity contribution in [2.45, 2.75) is 46.6 Å². The first-order valence-corrected chi connectivity index (χ1v) is 12.5. The van der Waals surface area contributed by atoms with E-state index < -0.39 is 17.7 Å². The summed E-state index contributed by atoms with van der Waals surface area (Å²) in [5.74, 6) is -0.100. The van der Waals surface area contributed by atoms with Gasteiger partial charge in [-0.1, -0.05) is 32.0 Å². The smallest absolute Gasteiger partial charge is 0.300 e. The van der Waals surface area contributed by atoms with E-state index in [0.29, 0.717) is 29.2 Å². The highest BCUT2D eigenvalue weighted by atomic mass is 16.5. The third kappa shape index (κ3) is 4.96. The Morgan fingerprint density at radius 2 is 1.62 bits per heavy atom. The third-order valence-corrected chi connectivity index (χ3v) is 6.57. The zero-order chi connectivity index (χ0) is 26.9. The van der Waals surface area contributed by atoms with Crippen molar-refractivity contribution in [3.8, 4) is 11.5 Å². The van der Waals surface area contributed by atoms with Crippen molar-refractivity contribution in [1.82, 2.24) is 0 Å². The second kappa shape index (κ2) is 10.5. The fraction of sp³-hybridized carbons (Fsp3) is 0.290. The Morgan fingerprint density at radius 1 is 0.973 bits per heavy atom. The zero-order valence-electron chi connectivity index (χ0n) is 22.2. The van der Waals surface area contributed by atoms with Crippen molar-refractivity contribution in [3.63, 3.8) is 0 Å². The number of hydrogen-bond donors (Lipinski definition) is 1. The lowest BCUT2D eigenvalue weighted by molar-refractivity contribution is -0.132. The highest BCUT2D eigenvalue weighted by Gasteiger charge is 2.47. The topological polar surface area (TPSA) is 76.1 Å². The molecule has 1 amide bonds. The normalized spacial score (nSPS) is 16.9. The third-order valence-electron chi connectivity index (χ3n) is 6.57. The maximum absolute atomic E-state index is 13.5. The minimum atomic E-state index is -0.804. The van der Waals surface area contributed by atoms with Gasteiger partial charge in [-0.25, -0.2) is 0 Å². The minimum absolute atomic E-state index is 0.0493. The van der Waals surface area contributed by atoms with E-state index in [0.717, 1.165) is 22.4 Å². The first kappa shape index (κ1) is 26.0. The number of aliphatic hydroxyl groups is 1. The Labute approximate surface area is 218 Å². The van der Waals surface area contributed by atoms with Gasteiger partial charge in [0.2, 0.25) is 0 Å². The van der Waals surface area contributed by atoms with Gasteiger partial charge in [0.1, 0.15) is 17.3 Å². The number of nitrogens with zero attached hydrogens (tertiary/aromatic N) is 1. The molecule has 1 aliphatic heterocycles. The van der Waals surface area contributed by atoms with Gasteiger partial charge in [0.15, 0.2) is 0 Å². The average Bonchev–Trinajstić information content (AvgIpc) is 3.13. The second-order valence-corrected chi connectivity index (χ2v) is 9.63. The summed E-state index contributed by atoms with van der Waals surface area (Å²) in [6.45, 7) is 10.4. The molecule has 192 valence electrons. The number of rotatable bonds is 7. The molecule has 4 rings (SSSR count). The van der Waals surface area contributed by atoms with E-state index in [1.807, 2.05) is 71.0 Å². The quantitative estimate of drug-likeness (QED) is 0.229. The van der Waals surface area contributed by atoms with Crippen molar-refractivity contribution in [2.24, 2.45) is 0 Å². The summed E-state index contributed by atoms with van der Waals surface area (Å²) in [6, 6.07) is 17.5. The molecule has 0 aromatic heterocycles. The zero-order valence-corrected chi connectivity index (χ0v) is 22.2. The highest BCUT2D eigenvalue weighted by Crippen LogP contribution is 2.43. The van der Waals surface area contributed by atoms with E-state index >= 15 is 0 Å². The number of aryl methyl sites for hydroxylation is 2. The molecule has 1 aliphatic rings. The number of hydrogen-bond acceptors (Lipinski definition) is 5.